The number of hydrogen-bond donors (Lipinski definition) is 1. The molecule has 1 aliphatic rings. The third-order valence-corrected chi connectivity index (χ3v) is 4.58. The summed E-state index contributed by atoms with van der Waals surface area (Å²) in [6, 6.07) is 5.16. The molecule has 21 heavy (non-hydrogen) atoms. The normalized spacial score (nSPS) is 17.5. The fraction of sp³-hybridized carbons (Fsp3) is 0.588. The molecule has 1 fully saturated rings. The van der Waals surface area contributed by atoms with E-state index in [1.165, 1.54) is 31.2 Å². The van der Waals surface area contributed by atoms with E-state index in [9.17, 15) is 0 Å². The van der Waals surface area contributed by atoms with E-state index < -0.39 is 0 Å². The van der Waals surface area contributed by atoms with Gasteiger partial charge in [-0.25, -0.2) is 0 Å². The van der Waals surface area contributed by atoms with Gasteiger partial charge in [-0.1, -0.05) is 12.8 Å². The van der Waals surface area contributed by atoms with Crippen LogP contribution in [0.1, 0.15) is 60.5 Å². The van der Waals surface area contributed by atoms with Gasteiger partial charge < -0.3 is 9.73 Å². The van der Waals surface area contributed by atoms with Gasteiger partial charge in [0.2, 0.25) is 0 Å². The molecule has 4 heteroatoms. The smallest absolute Gasteiger partial charge is 0.105 e. The Hall–Kier alpha value is -1.55. The van der Waals surface area contributed by atoms with Gasteiger partial charge in [0.05, 0.1) is 11.7 Å². The Morgan fingerprint density at radius 3 is 2.76 bits per heavy atom. The van der Waals surface area contributed by atoms with E-state index in [-0.39, 0.29) is 6.04 Å². The Morgan fingerprint density at radius 2 is 2.14 bits per heavy atom. The Kier molecular flexibility index (Phi) is 4.15. The third-order valence-electron chi connectivity index (χ3n) is 4.58. The van der Waals surface area contributed by atoms with Gasteiger partial charge in [0.25, 0.3) is 0 Å². The highest BCUT2D eigenvalue weighted by molar-refractivity contribution is 5.25. The Bertz CT molecular complexity index is 593. The predicted molar refractivity (Wildman–Crippen MR) is 83.4 cm³/mol. The topological polar surface area (TPSA) is 43.0 Å². The summed E-state index contributed by atoms with van der Waals surface area (Å²) in [5, 5.41) is 8.18. The maximum atomic E-state index is 5.66. The summed E-state index contributed by atoms with van der Waals surface area (Å²) in [6.45, 7) is 4.03. The second-order valence-corrected chi connectivity index (χ2v) is 6.14. The van der Waals surface area contributed by atoms with Gasteiger partial charge in [-0.05, 0) is 45.9 Å². The van der Waals surface area contributed by atoms with Crippen LogP contribution in [0.3, 0.4) is 0 Å². The van der Waals surface area contributed by atoms with Crippen molar-refractivity contribution in [2.24, 2.45) is 0 Å². The lowest BCUT2D eigenvalue weighted by Crippen LogP contribution is -2.19. The van der Waals surface area contributed by atoms with Crippen molar-refractivity contribution in [3.05, 3.63) is 41.1 Å². The van der Waals surface area contributed by atoms with Crippen LogP contribution in [-0.4, -0.2) is 16.8 Å². The van der Waals surface area contributed by atoms with E-state index >= 15 is 0 Å². The van der Waals surface area contributed by atoms with Crippen molar-refractivity contribution >= 4 is 0 Å². The highest BCUT2D eigenvalue weighted by Gasteiger charge is 2.20. The fourth-order valence-corrected chi connectivity index (χ4v) is 3.43. The predicted octanol–water partition coefficient (Wildman–Crippen LogP) is 3.71. The third kappa shape index (κ3) is 3.05. The van der Waals surface area contributed by atoms with E-state index in [1.807, 2.05) is 20.9 Å². The number of rotatable bonds is 5. The largest absolute Gasteiger partial charge is 0.466 e. The minimum Gasteiger partial charge on any atom is -0.466 e. The summed E-state index contributed by atoms with van der Waals surface area (Å²) >= 11 is 0. The zero-order valence-corrected chi connectivity index (χ0v) is 13.2. The number of aryl methyl sites for hydroxylation is 2. The van der Waals surface area contributed by atoms with Crippen molar-refractivity contribution in [3.8, 4) is 0 Å². The molecule has 2 heterocycles. The van der Waals surface area contributed by atoms with E-state index in [0.717, 1.165) is 23.6 Å². The molecule has 2 aromatic rings. The van der Waals surface area contributed by atoms with Crippen LogP contribution in [0.5, 0.6) is 0 Å². The maximum absolute atomic E-state index is 5.66. The highest BCUT2D eigenvalue weighted by atomic mass is 16.3. The van der Waals surface area contributed by atoms with Crippen LogP contribution in [0.2, 0.25) is 0 Å². The molecule has 4 nitrogen and oxygen atoms in total. The number of nitrogens with one attached hydrogen (secondary N) is 1. The second-order valence-electron chi connectivity index (χ2n) is 6.14. The lowest BCUT2D eigenvalue weighted by molar-refractivity contribution is 0.457. The van der Waals surface area contributed by atoms with E-state index in [0.29, 0.717) is 6.04 Å². The number of furan rings is 1. The summed E-state index contributed by atoms with van der Waals surface area (Å²) in [5.74, 6) is 1.97. The lowest BCUT2D eigenvalue weighted by atomic mass is 10.0. The molecule has 0 aliphatic heterocycles. The SMILES string of the molecule is CNC(Cc1ccn(C2CCCC2)n1)c1cc(C)oc1C. The van der Waals surface area contributed by atoms with Gasteiger partial charge >= 0.3 is 0 Å². The molecule has 0 bridgehead atoms. The molecular weight excluding hydrogens is 262 g/mol. The number of nitrogens with zero attached hydrogens (tertiary/aromatic N) is 2. The number of aromatic nitrogens is 2. The van der Waals surface area contributed by atoms with Crippen molar-refractivity contribution in [1.82, 2.24) is 15.1 Å². The summed E-state index contributed by atoms with van der Waals surface area (Å²) < 4.78 is 7.83. The first-order valence-corrected chi connectivity index (χ1v) is 7.95. The van der Waals surface area contributed by atoms with Gasteiger partial charge in [-0.15, -0.1) is 0 Å². The first kappa shape index (κ1) is 14.4. The van der Waals surface area contributed by atoms with Gasteiger partial charge in [0, 0.05) is 24.2 Å². The lowest BCUT2D eigenvalue weighted by Gasteiger charge is -2.14. The first-order chi connectivity index (χ1) is 10.2. The minimum absolute atomic E-state index is 0.259. The van der Waals surface area contributed by atoms with Crippen molar-refractivity contribution in [2.75, 3.05) is 7.05 Å². The van der Waals surface area contributed by atoms with Crippen LogP contribution in [0.15, 0.2) is 22.7 Å². The summed E-state index contributed by atoms with van der Waals surface area (Å²) in [5.41, 5.74) is 2.39. The zero-order valence-electron chi connectivity index (χ0n) is 13.2. The number of likely N-dealkylation sites (N-methyl/N-ethyl adjacent to an activating group) is 1. The van der Waals surface area contributed by atoms with Crippen molar-refractivity contribution in [2.45, 2.75) is 58.0 Å². The molecule has 3 rings (SSSR count). The average molecular weight is 287 g/mol. The molecule has 0 aromatic carbocycles. The van der Waals surface area contributed by atoms with E-state index in [4.69, 9.17) is 9.52 Å². The van der Waals surface area contributed by atoms with Gasteiger partial charge in [0.1, 0.15) is 11.5 Å². The fourth-order valence-electron chi connectivity index (χ4n) is 3.43. The van der Waals surface area contributed by atoms with Gasteiger partial charge in [-0.3, -0.25) is 4.68 Å². The standard InChI is InChI=1S/C17H25N3O/c1-12-10-16(13(2)21-12)17(18-3)11-14-8-9-20(19-14)15-6-4-5-7-15/h8-10,15,17-18H,4-7,11H2,1-3H3. The molecule has 1 N–H and O–H groups in total. The summed E-state index contributed by atoms with van der Waals surface area (Å²) in [7, 11) is 2.00. The molecule has 0 saturated heterocycles. The van der Waals surface area contributed by atoms with Crippen LogP contribution in [0, 0.1) is 13.8 Å². The van der Waals surface area contributed by atoms with Gasteiger partial charge in [0.15, 0.2) is 0 Å². The zero-order chi connectivity index (χ0) is 14.8. The van der Waals surface area contributed by atoms with E-state index in [1.54, 1.807) is 0 Å². The Labute approximate surface area is 126 Å². The maximum Gasteiger partial charge on any atom is 0.105 e. The van der Waals surface area contributed by atoms with Crippen LogP contribution < -0.4 is 5.32 Å². The molecule has 1 saturated carbocycles. The Morgan fingerprint density at radius 1 is 1.38 bits per heavy atom. The minimum atomic E-state index is 0.259. The summed E-state index contributed by atoms with van der Waals surface area (Å²) in [6.07, 6.45) is 8.27. The molecule has 1 unspecified atom stereocenters. The van der Waals surface area contributed by atoms with Crippen LogP contribution in [0.4, 0.5) is 0 Å². The van der Waals surface area contributed by atoms with Crippen LogP contribution >= 0.6 is 0 Å². The first-order valence-electron chi connectivity index (χ1n) is 7.95. The van der Waals surface area contributed by atoms with Gasteiger partial charge in [-0.2, -0.15) is 5.10 Å². The molecule has 0 radical (unpaired) electrons. The summed E-state index contributed by atoms with van der Waals surface area (Å²) in [4.78, 5) is 0. The molecule has 114 valence electrons. The average Bonchev–Trinajstić information content (AvgIpc) is 3.16. The monoisotopic (exact) mass is 287 g/mol. The second kappa shape index (κ2) is 6.06. The molecule has 2 aromatic heterocycles. The van der Waals surface area contributed by atoms with Crippen molar-refractivity contribution in [1.29, 1.82) is 0 Å². The molecule has 0 spiro atoms. The number of hydrogen-bond acceptors (Lipinski definition) is 3. The van der Waals surface area contributed by atoms with Crippen molar-refractivity contribution in [3.63, 3.8) is 0 Å². The van der Waals surface area contributed by atoms with Crippen LogP contribution in [0.25, 0.3) is 0 Å². The van der Waals surface area contributed by atoms with Crippen molar-refractivity contribution < 1.29 is 4.42 Å². The highest BCUT2D eigenvalue weighted by Crippen LogP contribution is 2.29. The quantitative estimate of drug-likeness (QED) is 0.911. The van der Waals surface area contributed by atoms with Crippen LogP contribution in [-0.2, 0) is 6.42 Å². The molecule has 0 amide bonds. The molecule has 1 atom stereocenters. The molecule has 1 aliphatic carbocycles. The Balaban J connectivity index is 1.73. The van der Waals surface area contributed by atoms with E-state index in [2.05, 4.69) is 28.3 Å². The molecular formula is C17H25N3O.